The van der Waals surface area contributed by atoms with Gasteiger partial charge in [-0.3, -0.25) is 0 Å². The zero-order chi connectivity index (χ0) is 7.66. The maximum Gasteiger partial charge on any atom is 0.0541 e. The molecule has 1 aliphatic carbocycles. The Bertz CT molecular complexity index is 100. The van der Waals surface area contributed by atoms with Gasteiger partial charge in [-0.2, -0.15) is 0 Å². The third-order valence-corrected chi connectivity index (χ3v) is 1.03. The molecule has 4 radical (unpaired) electrons. The predicted octanol–water partition coefficient (Wildman–Crippen LogP) is 1.33. The van der Waals surface area contributed by atoms with Gasteiger partial charge in [0.1, 0.15) is 0 Å². The molecule has 0 saturated heterocycles. The van der Waals surface area contributed by atoms with Crippen LogP contribution in [-0.4, -0.2) is 22.0 Å². The molecule has 0 aromatic heterocycles. The molecule has 1 rings (SSSR count). The van der Waals surface area contributed by atoms with E-state index in [0.717, 1.165) is 12.7 Å². The van der Waals surface area contributed by atoms with E-state index in [2.05, 4.69) is 24.3 Å². The summed E-state index contributed by atoms with van der Waals surface area (Å²) in [6.07, 6.45) is 10.5. The maximum atomic E-state index is 4.96. The van der Waals surface area contributed by atoms with Crippen LogP contribution in [0.15, 0.2) is 24.3 Å². The van der Waals surface area contributed by atoms with Crippen LogP contribution in [0.25, 0.3) is 0 Å². The van der Waals surface area contributed by atoms with E-state index in [1.165, 1.54) is 0 Å². The molecule has 0 amide bonds. The minimum absolute atomic E-state index is 0. The van der Waals surface area contributed by atoms with Crippen molar-refractivity contribution < 1.29 is 17.1 Å². The van der Waals surface area contributed by atoms with Gasteiger partial charge in [0.25, 0.3) is 0 Å². The van der Waals surface area contributed by atoms with Crippen molar-refractivity contribution in [2.45, 2.75) is 19.7 Å². The summed E-state index contributed by atoms with van der Waals surface area (Å²) in [5.74, 6) is 0. The van der Waals surface area contributed by atoms with E-state index in [-0.39, 0.29) is 17.1 Å². The Morgan fingerprint density at radius 3 is 2.00 bits per heavy atom. The molecule has 0 unspecified atom stereocenters. The Kier molecular flexibility index (Phi) is 16.1. The van der Waals surface area contributed by atoms with E-state index in [9.17, 15) is 0 Å². The molecule has 0 atom stereocenters. The Morgan fingerprint density at radius 2 is 1.91 bits per heavy atom. The van der Waals surface area contributed by atoms with Crippen molar-refractivity contribution in [1.29, 1.82) is 0 Å². The molecule has 56 valence electrons. The third-order valence-electron chi connectivity index (χ3n) is 1.03. The molecule has 0 heterocycles. The van der Waals surface area contributed by atoms with Gasteiger partial charge in [0, 0.05) is 31.9 Å². The van der Waals surface area contributed by atoms with Gasteiger partial charge in [-0.25, -0.2) is 0 Å². The monoisotopic (exact) mass is 184 g/mol. The fourth-order valence-corrected chi connectivity index (χ4v) is 0.529. The van der Waals surface area contributed by atoms with E-state index in [1.54, 1.807) is 7.06 Å². The molecule has 4 heteroatoms. The summed E-state index contributed by atoms with van der Waals surface area (Å²) in [7, 11) is 8.42. The molecule has 0 nitrogen and oxygen atoms in total. The molecule has 0 bridgehead atoms. The molecule has 0 N–H and O–H groups in total. The van der Waals surface area contributed by atoms with Crippen LogP contribution in [0.5, 0.6) is 0 Å². The van der Waals surface area contributed by atoms with Crippen molar-refractivity contribution >= 4 is 22.0 Å². The predicted molar refractivity (Wildman–Crippen MR) is 50.6 cm³/mol. The van der Waals surface area contributed by atoms with Crippen molar-refractivity contribution in [3.63, 3.8) is 0 Å². The zero-order valence-electron chi connectivity index (χ0n) is 6.81. The van der Waals surface area contributed by atoms with Crippen LogP contribution in [0.4, 0.5) is 0 Å². The Labute approximate surface area is 83.2 Å². The quantitative estimate of drug-likeness (QED) is 0.567. The van der Waals surface area contributed by atoms with Crippen LogP contribution >= 0.6 is 0 Å². The topological polar surface area (TPSA) is 0 Å². The van der Waals surface area contributed by atoms with Crippen molar-refractivity contribution in [2.24, 2.45) is 0 Å². The van der Waals surface area contributed by atoms with E-state index in [0.29, 0.717) is 0 Å². The summed E-state index contributed by atoms with van der Waals surface area (Å²) in [5, 5.41) is 0. The summed E-state index contributed by atoms with van der Waals surface area (Å²) >= 11 is 0. The van der Waals surface area contributed by atoms with Crippen LogP contribution in [0.1, 0.15) is 13.3 Å². The normalized spacial score (nSPS) is 11.0. The second kappa shape index (κ2) is 12.8. The number of allylic oxidation sites excluding steroid dienone is 4. The standard InChI is InChI=1S/C5H6.C2H5B3.Fe/c1-2-4-5-3-1;1-2-4-5-3;/h1-4H,5H2;2H2,1H3;. The van der Waals surface area contributed by atoms with E-state index < -0.39 is 0 Å². The second-order valence-electron chi connectivity index (χ2n) is 1.93. The molecule has 0 aromatic carbocycles. The van der Waals surface area contributed by atoms with Crippen LogP contribution < -0.4 is 0 Å². The minimum Gasteiger partial charge on any atom is -0.0923 e. The van der Waals surface area contributed by atoms with E-state index in [1.807, 2.05) is 14.1 Å². The summed E-state index contributed by atoms with van der Waals surface area (Å²) in [6, 6.07) is 0. The smallest absolute Gasteiger partial charge is 0.0541 e. The molecule has 11 heavy (non-hydrogen) atoms. The van der Waals surface area contributed by atoms with Crippen LogP contribution in [0.3, 0.4) is 0 Å². The molecular formula is C7H11B3Fe. The Morgan fingerprint density at radius 1 is 1.36 bits per heavy atom. The van der Waals surface area contributed by atoms with E-state index >= 15 is 0 Å². The van der Waals surface area contributed by atoms with Crippen molar-refractivity contribution in [2.75, 3.05) is 0 Å². The van der Waals surface area contributed by atoms with Gasteiger partial charge in [0.2, 0.25) is 0 Å². The minimum atomic E-state index is 0. The molecule has 0 saturated carbocycles. The van der Waals surface area contributed by atoms with E-state index in [4.69, 9.17) is 7.74 Å². The third kappa shape index (κ3) is 13.2. The van der Waals surface area contributed by atoms with Gasteiger partial charge in [-0.1, -0.05) is 37.5 Å². The van der Waals surface area contributed by atoms with Crippen LogP contribution in [0.2, 0.25) is 6.32 Å². The molecule has 0 aliphatic heterocycles. The van der Waals surface area contributed by atoms with Crippen molar-refractivity contribution in [3.05, 3.63) is 24.3 Å². The molecule has 1 aliphatic rings. The first kappa shape index (κ1) is 13.8. The number of hydrogen-bond donors (Lipinski definition) is 0. The van der Waals surface area contributed by atoms with Gasteiger partial charge in [0.05, 0.1) is 7.17 Å². The molecule has 0 fully saturated rings. The van der Waals surface area contributed by atoms with Gasteiger partial charge >= 0.3 is 0 Å². The van der Waals surface area contributed by atoms with Gasteiger partial charge in [-0.15, -0.1) is 0 Å². The van der Waals surface area contributed by atoms with Crippen LogP contribution in [0, 0.1) is 0 Å². The molecular weight excluding hydrogens is 172 g/mol. The first-order valence-corrected chi connectivity index (χ1v) is 3.60. The summed E-state index contributed by atoms with van der Waals surface area (Å²) in [4.78, 5) is 0. The van der Waals surface area contributed by atoms with Gasteiger partial charge < -0.3 is 0 Å². The summed E-state index contributed by atoms with van der Waals surface area (Å²) < 4.78 is 0. The van der Waals surface area contributed by atoms with Crippen molar-refractivity contribution in [1.82, 2.24) is 0 Å². The fraction of sp³-hybridized carbons (Fsp3) is 0.429. The Balaban J connectivity index is 0. The zero-order valence-corrected chi connectivity index (χ0v) is 7.91. The summed E-state index contributed by atoms with van der Waals surface area (Å²) in [6.45, 7) is 2.04. The fourth-order valence-electron chi connectivity index (χ4n) is 0.529. The first-order valence-electron chi connectivity index (χ1n) is 3.60. The van der Waals surface area contributed by atoms with Gasteiger partial charge in [-0.05, 0) is 6.42 Å². The largest absolute Gasteiger partial charge is 0.0923 e. The maximum absolute atomic E-state index is 4.96. The van der Waals surface area contributed by atoms with Crippen LogP contribution in [-0.2, 0) is 17.1 Å². The molecule has 0 aromatic rings. The first-order chi connectivity index (χ1) is 4.91. The SMILES string of the molecule is C1=CCC=C1.[B][B][B]CC.[Fe]. The number of hydrogen-bond acceptors (Lipinski definition) is 0. The van der Waals surface area contributed by atoms with Gasteiger partial charge in [0.15, 0.2) is 0 Å². The average molecular weight is 183 g/mol. The average Bonchev–Trinajstić information content (AvgIpc) is 2.44. The molecule has 0 spiro atoms. The Hall–Kier alpha value is 0.194. The van der Waals surface area contributed by atoms with Crippen molar-refractivity contribution in [3.8, 4) is 0 Å². The summed E-state index contributed by atoms with van der Waals surface area (Å²) in [5.41, 5.74) is 0. The number of rotatable bonds is 2. The second-order valence-corrected chi connectivity index (χ2v) is 1.93.